The van der Waals surface area contributed by atoms with Crippen molar-refractivity contribution in [3.05, 3.63) is 45.4 Å². The Morgan fingerprint density at radius 1 is 1.26 bits per heavy atom. The third-order valence-corrected chi connectivity index (χ3v) is 6.25. The molecule has 0 atom stereocenters. The smallest absolute Gasteiger partial charge is 0.226 e. The van der Waals surface area contributed by atoms with Crippen LogP contribution in [0.4, 0.5) is 0 Å². The van der Waals surface area contributed by atoms with Crippen molar-refractivity contribution >= 4 is 17.2 Å². The summed E-state index contributed by atoms with van der Waals surface area (Å²) in [5, 5.41) is 3.00. The quantitative estimate of drug-likeness (QED) is 0.651. The Balaban J connectivity index is 1.60. The van der Waals surface area contributed by atoms with Crippen molar-refractivity contribution in [2.45, 2.75) is 72.6 Å². The summed E-state index contributed by atoms with van der Waals surface area (Å²) in [5.41, 5.74) is 3.45. The predicted octanol–water partition coefficient (Wildman–Crippen LogP) is 5.27. The molecule has 0 saturated heterocycles. The first-order valence-electron chi connectivity index (χ1n) is 9.88. The fourth-order valence-electron chi connectivity index (χ4n) is 3.53. The summed E-state index contributed by atoms with van der Waals surface area (Å²) in [4.78, 5) is 19.5. The molecule has 2 aromatic rings. The highest BCUT2D eigenvalue weighted by Gasteiger charge is 2.29. The number of nitrogens with zero attached hydrogens (tertiary/aromatic N) is 2. The molecule has 0 bridgehead atoms. The van der Waals surface area contributed by atoms with Gasteiger partial charge in [-0.15, -0.1) is 11.3 Å². The number of hydrogen-bond acceptors (Lipinski definition) is 4. The van der Waals surface area contributed by atoms with Gasteiger partial charge in [0.2, 0.25) is 5.91 Å². The highest BCUT2D eigenvalue weighted by atomic mass is 32.1. The third-order valence-electron chi connectivity index (χ3n) is 5.38. The van der Waals surface area contributed by atoms with Gasteiger partial charge in [-0.1, -0.05) is 18.9 Å². The fourth-order valence-corrected chi connectivity index (χ4v) is 4.23. The second-order valence-electron chi connectivity index (χ2n) is 7.81. The minimum Gasteiger partial charge on any atom is -0.486 e. The number of benzene rings is 1. The maximum Gasteiger partial charge on any atom is 0.226 e. The van der Waals surface area contributed by atoms with Gasteiger partial charge in [-0.2, -0.15) is 0 Å². The molecule has 1 heterocycles. The molecule has 1 amide bonds. The fraction of sp³-hybridized carbons (Fsp3) is 0.545. The number of aromatic nitrogens is 1. The number of carbonyl (C=O) groups excluding carboxylic acids is 1. The lowest BCUT2D eigenvalue weighted by Gasteiger charge is -2.28. The first-order chi connectivity index (χ1) is 12.9. The molecule has 1 aromatic heterocycles. The summed E-state index contributed by atoms with van der Waals surface area (Å²) in [6, 6.07) is 6.32. The van der Waals surface area contributed by atoms with Crippen LogP contribution in [0.2, 0.25) is 0 Å². The van der Waals surface area contributed by atoms with Crippen molar-refractivity contribution in [2.24, 2.45) is 5.92 Å². The zero-order valence-corrected chi connectivity index (χ0v) is 17.6. The molecule has 0 radical (unpaired) electrons. The third kappa shape index (κ3) is 5.10. The van der Waals surface area contributed by atoms with Crippen LogP contribution < -0.4 is 4.74 Å². The molecule has 1 fully saturated rings. The standard InChI is InChI=1S/C22H30N2O2S/c1-15(2)24(22(25)18-7-5-6-8-18)12-19-14-27-21(23-19)13-26-20-10-9-16(3)17(4)11-20/h9-11,14-15,18H,5-8,12-13H2,1-4H3. The van der Waals surface area contributed by atoms with Gasteiger partial charge in [-0.3, -0.25) is 4.79 Å². The van der Waals surface area contributed by atoms with Gasteiger partial charge in [0.25, 0.3) is 0 Å². The Kier molecular flexibility index (Phi) is 6.53. The molecule has 0 N–H and O–H groups in total. The zero-order valence-electron chi connectivity index (χ0n) is 16.8. The number of amides is 1. The Labute approximate surface area is 166 Å². The lowest BCUT2D eigenvalue weighted by molar-refractivity contribution is -0.137. The number of ether oxygens (including phenoxy) is 1. The van der Waals surface area contributed by atoms with E-state index in [2.05, 4.69) is 45.2 Å². The van der Waals surface area contributed by atoms with Crippen molar-refractivity contribution in [1.29, 1.82) is 0 Å². The van der Waals surface area contributed by atoms with Crippen LogP contribution in [-0.2, 0) is 17.9 Å². The first kappa shape index (κ1) is 19.9. The predicted molar refractivity (Wildman–Crippen MR) is 110 cm³/mol. The van der Waals surface area contributed by atoms with Gasteiger partial charge in [0, 0.05) is 17.3 Å². The molecule has 1 saturated carbocycles. The maximum atomic E-state index is 12.8. The number of thiazole rings is 1. The van der Waals surface area contributed by atoms with Crippen LogP contribution in [0, 0.1) is 19.8 Å². The summed E-state index contributed by atoms with van der Waals surface area (Å²) in [5.74, 6) is 1.37. The number of rotatable bonds is 7. The molecule has 1 aromatic carbocycles. The van der Waals surface area contributed by atoms with Crippen molar-refractivity contribution in [1.82, 2.24) is 9.88 Å². The van der Waals surface area contributed by atoms with Gasteiger partial charge < -0.3 is 9.64 Å². The van der Waals surface area contributed by atoms with Gasteiger partial charge in [0.05, 0.1) is 12.2 Å². The summed E-state index contributed by atoms with van der Waals surface area (Å²) >= 11 is 1.60. The average molecular weight is 387 g/mol. The summed E-state index contributed by atoms with van der Waals surface area (Å²) in [7, 11) is 0. The molecule has 3 rings (SSSR count). The minimum absolute atomic E-state index is 0.190. The average Bonchev–Trinajstić information content (AvgIpc) is 3.32. The zero-order chi connectivity index (χ0) is 19.4. The Morgan fingerprint density at radius 2 is 2.00 bits per heavy atom. The van der Waals surface area contributed by atoms with Crippen molar-refractivity contribution < 1.29 is 9.53 Å². The molecule has 0 spiro atoms. The second kappa shape index (κ2) is 8.87. The molecule has 1 aliphatic rings. The second-order valence-corrected chi connectivity index (χ2v) is 8.75. The van der Waals surface area contributed by atoms with E-state index < -0.39 is 0 Å². The Morgan fingerprint density at radius 3 is 2.67 bits per heavy atom. The van der Waals surface area contributed by atoms with Gasteiger partial charge >= 0.3 is 0 Å². The van der Waals surface area contributed by atoms with Crippen LogP contribution in [0.3, 0.4) is 0 Å². The molecule has 1 aliphatic carbocycles. The summed E-state index contributed by atoms with van der Waals surface area (Å²) < 4.78 is 5.89. The van der Waals surface area contributed by atoms with Crippen LogP contribution in [-0.4, -0.2) is 21.8 Å². The molecule has 4 nitrogen and oxygen atoms in total. The van der Waals surface area contributed by atoms with Crippen molar-refractivity contribution in [3.63, 3.8) is 0 Å². The lowest BCUT2D eigenvalue weighted by atomic mass is 10.1. The highest BCUT2D eigenvalue weighted by molar-refractivity contribution is 7.09. The lowest BCUT2D eigenvalue weighted by Crippen LogP contribution is -2.39. The normalized spacial score (nSPS) is 14.7. The minimum atomic E-state index is 0.190. The Hall–Kier alpha value is -1.88. The van der Waals surface area contributed by atoms with Crippen molar-refractivity contribution in [2.75, 3.05) is 0 Å². The highest BCUT2D eigenvalue weighted by Crippen LogP contribution is 2.28. The molecule has 0 unspecified atom stereocenters. The van der Waals surface area contributed by atoms with Crippen LogP contribution in [0.15, 0.2) is 23.6 Å². The molecule has 146 valence electrons. The van der Waals surface area contributed by atoms with Crippen LogP contribution in [0.5, 0.6) is 5.75 Å². The van der Waals surface area contributed by atoms with Gasteiger partial charge in [-0.05, 0) is 63.8 Å². The van der Waals surface area contributed by atoms with Crippen molar-refractivity contribution in [3.8, 4) is 5.75 Å². The Bertz CT molecular complexity index is 778. The van der Waals surface area contributed by atoms with E-state index >= 15 is 0 Å². The van der Waals surface area contributed by atoms with E-state index in [9.17, 15) is 4.79 Å². The maximum absolute atomic E-state index is 12.8. The van der Waals surface area contributed by atoms with E-state index in [0.717, 1.165) is 29.3 Å². The van der Waals surface area contributed by atoms with Gasteiger partial charge in [0.15, 0.2) is 0 Å². The van der Waals surface area contributed by atoms with E-state index in [1.54, 1.807) is 11.3 Å². The number of hydrogen-bond donors (Lipinski definition) is 0. The van der Waals surface area contributed by atoms with E-state index in [4.69, 9.17) is 9.72 Å². The molecule has 5 heteroatoms. The van der Waals surface area contributed by atoms with Crippen LogP contribution in [0.25, 0.3) is 0 Å². The largest absolute Gasteiger partial charge is 0.486 e. The van der Waals surface area contributed by atoms with E-state index in [1.165, 1.54) is 24.0 Å². The van der Waals surface area contributed by atoms with Gasteiger partial charge in [-0.25, -0.2) is 4.98 Å². The molecular weight excluding hydrogens is 356 g/mol. The number of aryl methyl sites for hydroxylation is 2. The molecule has 27 heavy (non-hydrogen) atoms. The van der Waals surface area contributed by atoms with Crippen LogP contribution in [0.1, 0.15) is 61.4 Å². The van der Waals surface area contributed by atoms with Gasteiger partial charge in [0.1, 0.15) is 17.4 Å². The summed E-state index contributed by atoms with van der Waals surface area (Å²) in [6.07, 6.45) is 4.43. The van der Waals surface area contributed by atoms with Crippen LogP contribution >= 0.6 is 11.3 Å². The van der Waals surface area contributed by atoms with E-state index in [1.807, 2.05) is 11.0 Å². The van der Waals surface area contributed by atoms with E-state index in [0.29, 0.717) is 19.1 Å². The monoisotopic (exact) mass is 386 g/mol. The molecule has 0 aliphatic heterocycles. The SMILES string of the molecule is Cc1ccc(OCc2nc(CN(C(=O)C3CCCC3)C(C)C)cs2)cc1C. The van der Waals surface area contributed by atoms with E-state index in [-0.39, 0.29) is 12.0 Å². The summed E-state index contributed by atoms with van der Waals surface area (Å²) in [6.45, 7) is 9.41. The molecular formula is C22H30N2O2S. The first-order valence-corrected chi connectivity index (χ1v) is 10.8. The number of carbonyl (C=O) groups is 1. The topological polar surface area (TPSA) is 42.4 Å².